The minimum absolute atomic E-state index is 0.0458. The lowest BCUT2D eigenvalue weighted by molar-refractivity contribution is 0.0637. The highest BCUT2D eigenvalue weighted by atomic mass is 16.2. The summed E-state index contributed by atoms with van der Waals surface area (Å²) in [7, 11) is 0. The third-order valence-electron chi connectivity index (χ3n) is 4.75. The normalized spacial score (nSPS) is 15.4. The van der Waals surface area contributed by atoms with Crippen LogP contribution in [0.15, 0.2) is 24.8 Å². The van der Waals surface area contributed by atoms with Crippen LogP contribution in [-0.4, -0.2) is 70.9 Å². The molecule has 0 aromatic carbocycles. The fourth-order valence-corrected chi connectivity index (χ4v) is 3.13. The monoisotopic (exact) mass is 343 g/mol. The zero-order valence-electron chi connectivity index (χ0n) is 14.8. The predicted molar refractivity (Wildman–Crippen MR) is 95.7 cm³/mol. The van der Waals surface area contributed by atoms with Gasteiger partial charge in [-0.05, 0) is 25.0 Å². The van der Waals surface area contributed by atoms with Crippen LogP contribution in [0.4, 0.5) is 0 Å². The summed E-state index contributed by atoms with van der Waals surface area (Å²) in [5, 5.41) is 2.95. The van der Waals surface area contributed by atoms with E-state index in [1.165, 1.54) is 0 Å². The van der Waals surface area contributed by atoms with Crippen LogP contribution >= 0.6 is 0 Å². The number of hydrogen-bond donors (Lipinski definition) is 3. The molecule has 0 aliphatic carbocycles. The van der Waals surface area contributed by atoms with Crippen molar-refractivity contribution in [3.05, 3.63) is 47.0 Å². The van der Waals surface area contributed by atoms with Gasteiger partial charge in [-0.1, -0.05) is 0 Å². The van der Waals surface area contributed by atoms with E-state index in [1.54, 1.807) is 12.4 Å². The van der Waals surface area contributed by atoms with Gasteiger partial charge in [0.15, 0.2) is 0 Å². The van der Waals surface area contributed by atoms with E-state index in [0.29, 0.717) is 25.2 Å². The first-order valence-electron chi connectivity index (χ1n) is 8.63. The predicted octanol–water partition coefficient (Wildman–Crippen LogP) is 1.15. The quantitative estimate of drug-likeness (QED) is 0.761. The van der Waals surface area contributed by atoms with Gasteiger partial charge >= 0.3 is 0 Å². The average molecular weight is 343 g/mol. The summed E-state index contributed by atoms with van der Waals surface area (Å²) < 4.78 is 0. The topological polar surface area (TPSA) is 84.2 Å². The van der Waals surface area contributed by atoms with E-state index in [-0.39, 0.29) is 11.8 Å². The molecule has 0 bridgehead atoms. The molecule has 25 heavy (non-hydrogen) atoms. The number of aromatic amines is 2. The van der Waals surface area contributed by atoms with Crippen LogP contribution in [-0.2, 0) is 0 Å². The number of carbonyl (C=O) groups excluding carboxylic acids is 2. The molecule has 3 N–H and O–H groups in total. The number of nitrogens with zero attached hydrogens (tertiary/aromatic N) is 2. The molecule has 0 unspecified atom stereocenters. The Bertz CT molecular complexity index is 737. The van der Waals surface area contributed by atoms with Gasteiger partial charge in [0.2, 0.25) is 0 Å². The molecule has 2 aromatic rings. The lowest BCUT2D eigenvalue weighted by Gasteiger charge is -2.34. The number of H-pyrrole nitrogens is 2. The maximum atomic E-state index is 12.5. The Balaban J connectivity index is 1.41. The second-order valence-corrected chi connectivity index (χ2v) is 6.49. The van der Waals surface area contributed by atoms with Crippen molar-refractivity contribution in [2.75, 3.05) is 39.3 Å². The summed E-state index contributed by atoms with van der Waals surface area (Å²) in [4.78, 5) is 34.6. The van der Waals surface area contributed by atoms with Crippen LogP contribution in [0.25, 0.3) is 0 Å². The number of piperazine rings is 1. The number of aryl methyl sites for hydroxylation is 2. The highest BCUT2D eigenvalue weighted by molar-refractivity contribution is 5.96. The molecule has 1 aliphatic heterocycles. The number of rotatable bonds is 5. The lowest BCUT2D eigenvalue weighted by atomic mass is 10.2. The minimum Gasteiger partial charge on any atom is -0.367 e. The molecule has 0 saturated carbocycles. The molecular weight excluding hydrogens is 318 g/mol. The molecule has 0 radical (unpaired) electrons. The van der Waals surface area contributed by atoms with Crippen LogP contribution in [0.1, 0.15) is 31.8 Å². The van der Waals surface area contributed by atoms with Gasteiger partial charge < -0.3 is 20.2 Å². The fraction of sp³-hybridized carbons (Fsp3) is 0.444. The zero-order valence-corrected chi connectivity index (χ0v) is 14.8. The molecule has 7 nitrogen and oxygen atoms in total. The van der Waals surface area contributed by atoms with Crippen LogP contribution in [0.2, 0.25) is 0 Å². The Hall–Kier alpha value is -2.54. The number of hydrogen-bond acceptors (Lipinski definition) is 3. The molecule has 1 saturated heterocycles. The molecule has 2 amide bonds. The van der Waals surface area contributed by atoms with Crippen molar-refractivity contribution in [2.24, 2.45) is 0 Å². The zero-order chi connectivity index (χ0) is 17.8. The Morgan fingerprint density at radius 3 is 2.12 bits per heavy atom. The van der Waals surface area contributed by atoms with Crippen molar-refractivity contribution in [1.82, 2.24) is 25.1 Å². The van der Waals surface area contributed by atoms with Crippen molar-refractivity contribution in [2.45, 2.75) is 13.8 Å². The molecule has 3 rings (SSSR count). The maximum Gasteiger partial charge on any atom is 0.255 e. The molecule has 3 heterocycles. The molecule has 0 spiro atoms. The number of aromatic nitrogens is 2. The Morgan fingerprint density at radius 2 is 1.56 bits per heavy atom. The maximum absolute atomic E-state index is 12.5. The minimum atomic E-state index is -0.0458. The Labute approximate surface area is 147 Å². The molecular formula is C18H25N5O2. The molecule has 0 atom stereocenters. The molecule has 1 aliphatic rings. The largest absolute Gasteiger partial charge is 0.367 e. The number of nitrogens with one attached hydrogen (secondary N) is 3. The van der Waals surface area contributed by atoms with Gasteiger partial charge in [-0.3, -0.25) is 14.5 Å². The van der Waals surface area contributed by atoms with E-state index < -0.39 is 0 Å². The van der Waals surface area contributed by atoms with Crippen LogP contribution in [0, 0.1) is 13.8 Å². The van der Waals surface area contributed by atoms with Gasteiger partial charge in [0.25, 0.3) is 11.8 Å². The van der Waals surface area contributed by atoms with E-state index in [1.807, 2.05) is 31.1 Å². The van der Waals surface area contributed by atoms with Gasteiger partial charge in [-0.2, -0.15) is 0 Å². The van der Waals surface area contributed by atoms with Gasteiger partial charge in [-0.15, -0.1) is 0 Å². The first-order valence-corrected chi connectivity index (χ1v) is 8.63. The first kappa shape index (κ1) is 17.3. The van der Waals surface area contributed by atoms with Crippen molar-refractivity contribution < 1.29 is 9.59 Å². The van der Waals surface area contributed by atoms with Crippen molar-refractivity contribution in [1.29, 1.82) is 0 Å². The molecule has 7 heteroatoms. The average Bonchev–Trinajstić information content (AvgIpc) is 3.23. The summed E-state index contributed by atoms with van der Waals surface area (Å²) in [6.45, 7) is 8.34. The fourth-order valence-electron chi connectivity index (χ4n) is 3.13. The van der Waals surface area contributed by atoms with Crippen molar-refractivity contribution >= 4 is 11.8 Å². The molecule has 1 fully saturated rings. The summed E-state index contributed by atoms with van der Waals surface area (Å²) in [5.41, 5.74) is 3.37. The summed E-state index contributed by atoms with van der Waals surface area (Å²) in [5.74, 6) is 0.0464. The second kappa shape index (κ2) is 7.57. The Kier molecular flexibility index (Phi) is 5.23. The Morgan fingerprint density at radius 1 is 0.960 bits per heavy atom. The molecule has 134 valence electrons. The van der Waals surface area contributed by atoms with Gasteiger partial charge in [0.05, 0.1) is 11.1 Å². The lowest BCUT2D eigenvalue weighted by Crippen LogP contribution is -2.50. The number of amides is 2. The van der Waals surface area contributed by atoms with Crippen LogP contribution in [0.3, 0.4) is 0 Å². The smallest absolute Gasteiger partial charge is 0.255 e. The van der Waals surface area contributed by atoms with Crippen LogP contribution in [0.5, 0.6) is 0 Å². The standard InChI is InChI=1S/C18H25N5O2/c1-13-9-19-11-15(13)17(24)21-3-4-22-5-7-23(8-6-22)18(25)16-12-20-10-14(16)2/h9-12,19-20H,3-8H2,1-2H3,(H,21,24). The number of carbonyl (C=O) groups is 2. The van der Waals surface area contributed by atoms with E-state index in [9.17, 15) is 9.59 Å². The van der Waals surface area contributed by atoms with Gasteiger partial charge in [0.1, 0.15) is 0 Å². The third kappa shape index (κ3) is 3.93. The summed E-state index contributed by atoms with van der Waals surface area (Å²) in [6, 6.07) is 0. The highest BCUT2D eigenvalue weighted by Crippen LogP contribution is 2.12. The van der Waals surface area contributed by atoms with E-state index in [0.717, 1.165) is 36.3 Å². The van der Waals surface area contributed by atoms with E-state index in [2.05, 4.69) is 20.2 Å². The first-order chi connectivity index (χ1) is 12.1. The highest BCUT2D eigenvalue weighted by Gasteiger charge is 2.23. The van der Waals surface area contributed by atoms with Crippen molar-refractivity contribution in [3.63, 3.8) is 0 Å². The summed E-state index contributed by atoms with van der Waals surface area (Å²) >= 11 is 0. The SMILES string of the molecule is Cc1c[nH]cc1C(=O)NCCN1CCN(C(=O)c2c[nH]cc2C)CC1. The van der Waals surface area contributed by atoms with Crippen LogP contribution < -0.4 is 5.32 Å². The molecule has 2 aromatic heterocycles. The second-order valence-electron chi connectivity index (χ2n) is 6.49. The summed E-state index contributed by atoms with van der Waals surface area (Å²) in [6.07, 6.45) is 7.15. The van der Waals surface area contributed by atoms with E-state index in [4.69, 9.17) is 0 Å². The van der Waals surface area contributed by atoms with Crippen molar-refractivity contribution in [3.8, 4) is 0 Å². The van der Waals surface area contributed by atoms with E-state index >= 15 is 0 Å². The van der Waals surface area contributed by atoms with Gasteiger partial charge in [0, 0.05) is 64.1 Å². The van der Waals surface area contributed by atoms with Gasteiger partial charge in [-0.25, -0.2) is 0 Å². The third-order valence-corrected chi connectivity index (χ3v) is 4.75.